The fourth-order valence-corrected chi connectivity index (χ4v) is 4.12. The lowest BCUT2D eigenvalue weighted by Crippen LogP contribution is -2.23. The van der Waals surface area contributed by atoms with Crippen LogP contribution in [0.25, 0.3) is 0 Å². The first-order chi connectivity index (χ1) is 12.6. The molecule has 2 aromatic carbocycles. The number of rotatable bonds is 6. The third-order valence-electron chi connectivity index (χ3n) is 4.17. The number of halogens is 1. The van der Waals surface area contributed by atoms with E-state index in [1.165, 1.54) is 11.3 Å². The summed E-state index contributed by atoms with van der Waals surface area (Å²) in [7, 11) is 1.97. The smallest absolute Gasteiger partial charge is 0.367 e. The maximum atomic E-state index is 4.44. The van der Waals surface area contributed by atoms with Crippen LogP contribution in [0.5, 0.6) is 0 Å². The van der Waals surface area contributed by atoms with Crippen molar-refractivity contribution in [2.24, 2.45) is 17.3 Å². The average Bonchev–Trinajstić information content (AvgIpc) is 2.97. The molecule has 26 heavy (non-hydrogen) atoms. The number of hydrogen-bond donors (Lipinski definition) is 0. The molecule has 0 saturated carbocycles. The van der Waals surface area contributed by atoms with Gasteiger partial charge in [-0.1, -0.05) is 30.3 Å². The lowest BCUT2D eigenvalue weighted by molar-refractivity contribution is -0.654. The number of benzene rings is 2. The molecule has 3 aromatic rings. The lowest BCUT2D eigenvalue weighted by Gasteiger charge is -2.23. The van der Waals surface area contributed by atoms with Crippen LogP contribution in [-0.2, 0) is 13.6 Å². The molecule has 1 aromatic heterocycles. The van der Waals surface area contributed by atoms with Gasteiger partial charge < -0.3 is 4.90 Å². The highest BCUT2D eigenvalue weighted by atomic mass is 79.9. The summed E-state index contributed by atoms with van der Waals surface area (Å²) in [5.41, 5.74) is 4.54. The minimum absolute atomic E-state index is 0.861. The molecule has 4 nitrogen and oxygen atoms in total. The Morgan fingerprint density at radius 2 is 1.88 bits per heavy atom. The van der Waals surface area contributed by atoms with E-state index >= 15 is 0 Å². The predicted molar refractivity (Wildman–Crippen MR) is 112 cm³/mol. The molecular formula is C20H22BrN4S+. The molecule has 0 N–H and O–H groups in total. The van der Waals surface area contributed by atoms with Crippen molar-refractivity contribution in [3.8, 4) is 0 Å². The Labute approximate surface area is 167 Å². The van der Waals surface area contributed by atoms with Gasteiger partial charge in [0.1, 0.15) is 15.7 Å². The molecule has 0 fully saturated rings. The number of nitrogens with zero attached hydrogens (tertiary/aromatic N) is 4. The van der Waals surface area contributed by atoms with E-state index in [0.717, 1.165) is 33.3 Å². The van der Waals surface area contributed by atoms with Crippen LogP contribution in [0.4, 0.5) is 16.5 Å². The van der Waals surface area contributed by atoms with Gasteiger partial charge in [0.05, 0.1) is 12.2 Å². The Morgan fingerprint density at radius 1 is 1.12 bits per heavy atom. The fourth-order valence-electron chi connectivity index (χ4n) is 2.72. The van der Waals surface area contributed by atoms with Crippen molar-refractivity contribution < 1.29 is 4.57 Å². The zero-order valence-electron chi connectivity index (χ0n) is 15.2. The second kappa shape index (κ2) is 8.56. The van der Waals surface area contributed by atoms with Crippen molar-refractivity contribution in [2.75, 3.05) is 11.4 Å². The Morgan fingerprint density at radius 3 is 2.50 bits per heavy atom. The maximum absolute atomic E-state index is 4.44. The number of anilines is 1. The number of aromatic nitrogens is 1. The zero-order valence-corrected chi connectivity index (χ0v) is 17.6. The van der Waals surface area contributed by atoms with E-state index < -0.39 is 0 Å². The summed E-state index contributed by atoms with van der Waals surface area (Å²) in [5.74, 6) is 0. The zero-order chi connectivity index (χ0) is 18.5. The standard InChI is InChI=1S/C20H22BrN4S/c1-4-25(13-16-8-6-5-7-9-16)17-10-11-18(15(2)12-17)22-23-20-24(3)14-19(21)26-20/h5-12,14H,4,13H2,1-3H3/q+1. The molecule has 0 aliphatic carbocycles. The average molecular weight is 430 g/mol. The van der Waals surface area contributed by atoms with Gasteiger partial charge in [0, 0.05) is 18.8 Å². The molecule has 0 spiro atoms. The van der Waals surface area contributed by atoms with Crippen molar-refractivity contribution in [3.05, 3.63) is 69.6 Å². The van der Waals surface area contributed by atoms with Crippen molar-refractivity contribution in [1.29, 1.82) is 0 Å². The van der Waals surface area contributed by atoms with Crippen molar-refractivity contribution in [2.45, 2.75) is 20.4 Å². The molecule has 3 rings (SSSR count). The largest absolute Gasteiger partial charge is 0.409 e. The molecular weight excluding hydrogens is 408 g/mol. The topological polar surface area (TPSA) is 31.8 Å². The monoisotopic (exact) mass is 429 g/mol. The van der Waals surface area contributed by atoms with E-state index in [2.05, 4.69) is 87.4 Å². The minimum atomic E-state index is 0.861. The van der Waals surface area contributed by atoms with Gasteiger partial charge in [-0.05, 0) is 75.6 Å². The molecule has 6 heteroatoms. The lowest BCUT2D eigenvalue weighted by atomic mass is 10.1. The van der Waals surface area contributed by atoms with Crippen LogP contribution in [-0.4, -0.2) is 6.54 Å². The van der Waals surface area contributed by atoms with Gasteiger partial charge >= 0.3 is 5.13 Å². The van der Waals surface area contributed by atoms with Crippen LogP contribution in [0.15, 0.2) is 68.7 Å². The third kappa shape index (κ3) is 4.56. The molecule has 0 saturated heterocycles. The summed E-state index contributed by atoms with van der Waals surface area (Å²) in [5, 5.41) is 9.68. The first-order valence-corrected chi connectivity index (χ1v) is 10.1. The van der Waals surface area contributed by atoms with E-state index in [1.807, 2.05) is 23.9 Å². The number of thiazole rings is 1. The van der Waals surface area contributed by atoms with Crippen LogP contribution in [0, 0.1) is 6.92 Å². The van der Waals surface area contributed by atoms with Crippen molar-refractivity contribution in [3.63, 3.8) is 0 Å². The summed E-state index contributed by atoms with van der Waals surface area (Å²) in [4.78, 5) is 2.36. The van der Waals surface area contributed by atoms with Gasteiger partial charge in [-0.25, -0.2) is 4.57 Å². The summed E-state index contributed by atoms with van der Waals surface area (Å²) in [6.07, 6.45) is 1.98. The van der Waals surface area contributed by atoms with Crippen LogP contribution in [0.3, 0.4) is 0 Å². The van der Waals surface area contributed by atoms with Crippen molar-refractivity contribution in [1.82, 2.24) is 0 Å². The Bertz CT molecular complexity index is 905. The molecule has 0 amide bonds. The minimum Gasteiger partial charge on any atom is -0.367 e. The second-order valence-electron chi connectivity index (χ2n) is 6.10. The summed E-state index contributed by atoms with van der Waals surface area (Å²) >= 11 is 5.04. The quantitative estimate of drug-likeness (QED) is 0.344. The highest BCUT2D eigenvalue weighted by Crippen LogP contribution is 2.29. The summed E-state index contributed by atoms with van der Waals surface area (Å²) in [6, 6.07) is 16.9. The van der Waals surface area contributed by atoms with E-state index in [0.29, 0.717) is 0 Å². The highest BCUT2D eigenvalue weighted by Gasteiger charge is 2.13. The molecule has 0 atom stereocenters. The summed E-state index contributed by atoms with van der Waals surface area (Å²) < 4.78 is 3.00. The first kappa shape index (κ1) is 18.7. The molecule has 0 unspecified atom stereocenters. The van der Waals surface area contributed by atoms with Gasteiger partial charge in [0.15, 0.2) is 0 Å². The molecule has 134 valence electrons. The molecule has 0 bridgehead atoms. The molecule has 1 heterocycles. The van der Waals surface area contributed by atoms with Gasteiger partial charge in [-0.2, -0.15) is 0 Å². The SMILES string of the molecule is CCN(Cc1ccccc1)c1ccc(N=Nc2sc(Br)c[n+]2C)c(C)c1. The van der Waals surface area contributed by atoms with Gasteiger partial charge in [0.25, 0.3) is 0 Å². The van der Waals surface area contributed by atoms with Crippen LogP contribution < -0.4 is 9.47 Å². The van der Waals surface area contributed by atoms with E-state index in [9.17, 15) is 0 Å². The Hall–Kier alpha value is -2.05. The highest BCUT2D eigenvalue weighted by molar-refractivity contribution is 9.11. The van der Waals surface area contributed by atoms with Gasteiger partial charge in [-0.15, -0.1) is 0 Å². The second-order valence-corrected chi connectivity index (χ2v) is 8.49. The van der Waals surface area contributed by atoms with Crippen LogP contribution in [0.2, 0.25) is 0 Å². The fraction of sp³-hybridized carbons (Fsp3) is 0.250. The normalized spacial score (nSPS) is 11.2. The molecule has 0 aliphatic rings. The number of aryl methyl sites for hydroxylation is 2. The Kier molecular flexibility index (Phi) is 6.16. The van der Waals surface area contributed by atoms with Crippen molar-refractivity contribution >= 4 is 43.8 Å². The number of hydrogen-bond acceptors (Lipinski definition) is 4. The molecule has 0 radical (unpaired) electrons. The van der Waals surface area contributed by atoms with Crippen LogP contribution in [0.1, 0.15) is 18.1 Å². The van der Waals surface area contributed by atoms with E-state index in [-0.39, 0.29) is 0 Å². The van der Waals surface area contributed by atoms with E-state index in [4.69, 9.17) is 0 Å². The van der Waals surface area contributed by atoms with E-state index in [1.54, 1.807) is 11.3 Å². The molecule has 0 aliphatic heterocycles. The predicted octanol–water partition coefficient (Wildman–Crippen LogP) is 6.09. The number of azo groups is 1. The summed E-state index contributed by atoms with van der Waals surface area (Å²) in [6.45, 7) is 6.12. The third-order valence-corrected chi connectivity index (χ3v) is 5.72. The van der Waals surface area contributed by atoms with Crippen LogP contribution >= 0.6 is 27.3 Å². The maximum Gasteiger partial charge on any atom is 0.409 e. The van der Waals surface area contributed by atoms with Gasteiger partial charge in [-0.3, -0.25) is 0 Å². The van der Waals surface area contributed by atoms with Gasteiger partial charge in [0.2, 0.25) is 0 Å². The Balaban J connectivity index is 1.78. The first-order valence-electron chi connectivity index (χ1n) is 8.53.